The van der Waals surface area contributed by atoms with Gasteiger partial charge in [-0.05, 0) is 90.0 Å². The Morgan fingerprint density at radius 1 is 0.900 bits per heavy atom. The lowest BCUT2D eigenvalue weighted by Gasteiger charge is -2.44. The van der Waals surface area contributed by atoms with Gasteiger partial charge in [0.05, 0.1) is 23.7 Å². The van der Waals surface area contributed by atoms with Crippen molar-refractivity contribution in [3.05, 3.63) is 159 Å². The molecule has 3 atom stereocenters. The fraction of sp³-hybridized carbons (Fsp3) is 0.319. The highest BCUT2D eigenvalue weighted by Gasteiger charge is 2.37. The SMILES string of the molecule is Cn1nc(C(=O)NCc2ccc(CNC[C@H](O)c3ccc(O)c4[nH]c(=O)ccc34)cc2)cc1COc1cccc([C@@H](CC(=O)O[C@H]2CN3CCC2CC3)c2ccccc2)c1. The van der Waals surface area contributed by atoms with Crippen LogP contribution in [0.1, 0.15) is 75.3 Å². The zero-order valence-electron chi connectivity index (χ0n) is 33.6. The molecule has 6 aromatic rings. The molecule has 0 saturated carbocycles. The van der Waals surface area contributed by atoms with E-state index in [1.165, 1.54) is 12.1 Å². The lowest BCUT2D eigenvalue weighted by molar-refractivity contribution is -0.159. The molecule has 0 spiro atoms. The second-order valence-electron chi connectivity index (χ2n) is 15.8. The molecule has 310 valence electrons. The van der Waals surface area contributed by atoms with Crippen molar-refractivity contribution in [1.29, 1.82) is 0 Å². The summed E-state index contributed by atoms with van der Waals surface area (Å²) in [6.07, 6.45) is 1.50. The number of aliphatic hydroxyl groups is 1. The summed E-state index contributed by atoms with van der Waals surface area (Å²) in [5.74, 6) is 0.351. The van der Waals surface area contributed by atoms with Crippen molar-refractivity contribution in [1.82, 2.24) is 30.3 Å². The van der Waals surface area contributed by atoms with Crippen LogP contribution in [0.25, 0.3) is 10.9 Å². The molecule has 60 heavy (non-hydrogen) atoms. The number of carbonyl (C=O) groups is 2. The van der Waals surface area contributed by atoms with E-state index in [1.807, 2.05) is 78.9 Å². The molecule has 9 rings (SSSR count). The molecule has 5 heterocycles. The monoisotopic (exact) mass is 810 g/mol. The van der Waals surface area contributed by atoms with Gasteiger partial charge >= 0.3 is 5.97 Å². The Morgan fingerprint density at radius 2 is 1.65 bits per heavy atom. The van der Waals surface area contributed by atoms with Crippen LogP contribution in [0.5, 0.6) is 11.5 Å². The highest BCUT2D eigenvalue weighted by atomic mass is 16.5. The van der Waals surface area contributed by atoms with Gasteiger partial charge < -0.3 is 35.3 Å². The minimum atomic E-state index is -0.862. The Balaban J connectivity index is 0.822. The molecule has 13 nitrogen and oxygen atoms in total. The summed E-state index contributed by atoms with van der Waals surface area (Å²) >= 11 is 0. The summed E-state index contributed by atoms with van der Waals surface area (Å²) in [6, 6.07) is 33.4. The number of nitrogens with zero attached hydrogens (tertiary/aromatic N) is 3. The smallest absolute Gasteiger partial charge is 0.307 e. The topological polar surface area (TPSA) is 171 Å². The second-order valence-corrected chi connectivity index (χ2v) is 15.8. The molecule has 0 radical (unpaired) electrons. The zero-order chi connectivity index (χ0) is 41.6. The first-order chi connectivity index (χ1) is 29.2. The predicted molar refractivity (Wildman–Crippen MR) is 226 cm³/mol. The number of H-pyrrole nitrogens is 1. The van der Waals surface area contributed by atoms with E-state index in [2.05, 4.69) is 25.6 Å². The molecule has 3 aliphatic rings. The fourth-order valence-corrected chi connectivity index (χ4v) is 8.33. The van der Waals surface area contributed by atoms with Gasteiger partial charge in [-0.3, -0.25) is 24.0 Å². The number of carbonyl (C=O) groups excluding carboxylic acids is 2. The Bertz CT molecular complexity index is 2490. The standard InChI is InChI=1S/C47H50N6O7/c1-52-35(29-59-36-9-5-8-34(22-36)39(32-6-3-2-4-7-32)24-45(57)60-43-28-53-20-18-33(43)19-21-53)23-40(51-52)47(58)49-26-31-12-10-30(11-13-31)25-48-27-42(55)37-14-16-41(54)46-38(37)15-17-44(56)50-46/h2-17,22-23,33,39,42-43,48,54-55H,18-21,24-29H2,1H3,(H,49,58)(H,50,56)/t39-,42-,43-/m0/s1. The van der Waals surface area contributed by atoms with Gasteiger partial charge in [0.15, 0.2) is 5.69 Å². The minimum absolute atomic E-state index is 0.0380. The van der Waals surface area contributed by atoms with Crippen molar-refractivity contribution < 1.29 is 29.3 Å². The molecule has 5 N–H and O–H groups in total. The average Bonchev–Trinajstić information content (AvgIpc) is 3.65. The number of esters is 1. The van der Waals surface area contributed by atoms with Gasteiger partial charge in [-0.25, -0.2) is 0 Å². The third-order valence-corrected chi connectivity index (χ3v) is 11.7. The Labute approximate surface area is 348 Å². The number of rotatable bonds is 16. The van der Waals surface area contributed by atoms with Crippen molar-refractivity contribution in [2.45, 2.75) is 57.1 Å². The van der Waals surface area contributed by atoms with Crippen LogP contribution in [-0.2, 0) is 36.3 Å². The van der Waals surface area contributed by atoms with Gasteiger partial charge in [0.2, 0.25) is 5.56 Å². The highest BCUT2D eigenvalue weighted by Crippen LogP contribution is 2.34. The number of hydrogen-bond donors (Lipinski definition) is 5. The molecular weight excluding hydrogens is 761 g/mol. The number of benzene rings is 4. The number of ether oxygens (including phenoxy) is 2. The van der Waals surface area contributed by atoms with E-state index in [1.54, 1.807) is 29.9 Å². The number of hydrogen-bond acceptors (Lipinski definition) is 10. The normalized spacial score (nSPS) is 18.2. The maximum absolute atomic E-state index is 13.4. The van der Waals surface area contributed by atoms with Crippen LogP contribution >= 0.6 is 0 Å². The number of fused-ring (bicyclic) bond motifs is 4. The number of amides is 1. The van der Waals surface area contributed by atoms with E-state index in [0.717, 1.165) is 60.4 Å². The van der Waals surface area contributed by atoms with E-state index in [0.29, 0.717) is 41.2 Å². The molecule has 2 bridgehead atoms. The fourth-order valence-electron chi connectivity index (χ4n) is 8.33. The molecule has 3 fully saturated rings. The maximum Gasteiger partial charge on any atom is 0.307 e. The summed E-state index contributed by atoms with van der Waals surface area (Å²) in [5.41, 5.74) is 5.46. The summed E-state index contributed by atoms with van der Waals surface area (Å²) in [7, 11) is 1.78. The number of piperidine rings is 3. The summed E-state index contributed by atoms with van der Waals surface area (Å²) < 4.78 is 14.0. The molecule has 13 heteroatoms. The number of aromatic nitrogens is 3. The van der Waals surface area contributed by atoms with Crippen molar-refractivity contribution >= 4 is 22.8 Å². The number of aryl methyl sites for hydroxylation is 1. The first-order valence-corrected chi connectivity index (χ1v) is 20.5. The highest BCUT2D eigenvalue weighted by molar-refractivity contribution is 5.92. The first kappa shape index (κ1) is 40.5. The van der Waals surface area contributed by atoms with Crippen LogP contribution in [0.15, 0.2) is 114 Å². The van der Waals surface area contributed by atoms with Crippen molar-refractivity contribution in [3.63, 3.8) is 0 Å². The molecule has 3 aliphatic heterocycles. The second kappa shape index (κ2) is 18.3. The number of pyridine rings is 1. The van der Waals surface area contributed by atoms with Crippen molar-refractivity contribution in [3.8, 4) is 11.5 Å². The molecule has 0 unspecified atom stereocenters. The largest absolute Gasteiger partial charge is 0.506 e. The summed E-state index contributed by atoms with van der Waals surface area (Å²) in [4.78, 5) is 43.2. The Kier molecular flexibility index (Phi) is 12.4. The maximum atomic E-state index is 13.4. The lowest BCUT2D eigenvalue weighted by Crippen LogP contribution is -2.52. The molecule has 0 aliphatic carbocycles. The number of aliphatic hydroxyl groups excluding tert-OH is 1. The van der Waals surface area contributed by atoms with Crippen LogP contribution in [0.3, 0.4) is 0 Å². The van der Waals surface area contributed by atoms with Crippen LogP contribution in [0.2, 0.25) is 0 Å². The molecule has 1 amide bonds. The minimum Gasteiger partial charge on any atom is -0.506 e. The third kappa shape index (κ3) is 9.60. The lowest BCUT2D eigenvalue weighted by atomic mass is 9.85. The number of nitrogens with one attached hydrogen (secondary N) is 3. The molecule has 4 aromatic carbocycles. The van der Waals surface area contributed by atoms with Gasteiger partial charge in [0.25, 0.3) is 5.91 Å². The van der Waals surface area contributed by atoms with Gasteiger partial charge in [0.1, 0.15) is 24.2 Å². The quantitative estimate of drug-likeness (QED) is 0.0792. The first-order valence-electron chi connectivity index (χ1n) is 20.5. The van der Waals surface area contributed by atoms with Gasteiger partial charge in [-0.2, -0.15) is 5.10 Å². The van der Waals surface area contributed by atoms with Crippen LogP contribution in [0, 0.1) is 5.92 Å². The van der Waals surface area contributed by atoms with Crippen LogP contribution in [0.4, 0.5) is 0 Å². The Morgan fingerprint density at radius 3 is 2.40 bits per heavy atom. The summed E-state index contributed by atoms with van der Waals surface area (Å²) in [6.45, 7) is 4.27. The number of phenolic OH excluding ortho intramolecular Hbond substituents is 1. The number of aromatic amines is 1. The summed E-state index contributed by atoms with van der Waals surface area (Å²) in [5, 5.41) is 32.2. The Hall–Kier alpha value is -6.28. The van der Waals surface area contributed by atoms with Gasteiger partial charge in [0, 0.05) is 50.6 Å². The van der Waals surface area contributed by atoms with E-state index in [4.69, 9.17) is 9.47 Å². The van der Waals surface area contributed by atoms with Crippen molar-refractivity contribution in [2.75, 3.05) is 26.2 Å². The van der Waals surface area contributed by atoms with E-state index >= 15 is 0 Å². The average molecular weight is 811 g/mol. The van der Waals surface area contributed by atoms with Gasteiger partial charge in [-0.15, -0.1) is 0 Å². The zero-order valence-corrected chi connectivity index (χ0v) is 33.6. The van der Waals surface area contributed by atoms with Crippen LogP contribution < -0.4 is 20.9 Å². The van der Waals surface area contributed by atoms with E-state index < -0.39 is 6.10 Å². The van der Waals surface area contributed by atoms with E-state index in [-0.39, 0.29) is 60.5 Å². The third-order valence-electron chi connectivity index (χ3n) is 11.7. The van der Waals surface area contributed by atoms with Crippen molar-refractivity contribution in [2.24, 2.45) is 13.0 Å². The van der Waals surface area contributed by atoms with Gasteiger partial charge in [-0.1, -0.05) is 72.8 Å². The molecule has 2 aromatic heterocycles. The number of aromatic hydroxyl groups is 1. The van der Waals surface area contributed by atoms with Crippen LogP contribution in [-0.4, -0.2) is 74.0 Å². The van der Waals surface area contributed by atoms with E-state index in [9.17, 15) is 24.6 Å². The predicted octanol–water partition coefficient (Wildman–Crippen LogP) is 5.46. The molecule has 3 saturated heterocycles. The molecular formula is C47H50N6O7. The number of phenols is 1.